The van der Waals surface area contributed by atoms with Gasteiger partial charge in [-0.15, -0.1) is 11.6 Å². The molecule has 1 aromatic rings. The van der Waals surface area contributed by atoms with Gasteiger partial charge in [-0.25, -0.2) is 22.5 Å². The number of aromatic nitrogens is 2. The number of hydrogen-bond donors (Lipinski definition) is 2. The van der Waals surface area contributed by atoms with Crippen molar-refractivity contribution in [3.8, 4) is 0 Å². The Morgan fingerprint density at radius 2 is 1.86 bits per heavy atom. The summed E-state index contributed by atoms with van der Waals surface area (Å²) in [6.07, 6.45) is 4.89. The highest BCUT2D eigenvalue weighted by Gasteiger charge is 2.53. The quantitative estimate of drug-likeness (QED) is 0.252. The van der Waals surface area contributed by atoms with Crippen molar-refractivity contribution in [1.29, 1.82) is 0 Å². The predicted octanol–water partition coefficient (Wildman–Crippen LogP) is 5.19. The van der Waals surface area contributed by atoms with Crippen LogP contribution in [0.3, 0.4) is 0 Å². The molecule has 8 nitrogen and oxygen atoms in total. The average molecular weight is 746 g/mol. The number of nitrogens with one attached hydrogen (secondary N) is 2. The van der Waals surface area contributed by atoms with Crippen LogP contribution in [0, 0.1) is 30.6 Å². The van der Waals surface area contributed by atoms with Crippen molar-refractivity contribution in [2.24, 2.45) is 23.7 Å². The van der Waals surface area contributed by atoms with Crippen LogP contribution in [0.4, 0.5) is 17.6 Å². The summed E-state index contributed by atoms with van der Waals surface area (Å²) in [5.74, 6) is -3.78. The van der Waals surface area contributed by atoms with E-state index in [1.165, 1.54) is 0 Å². The van der Waals surface area contributed by atoms with Gasteiger partial charge in [0.25, 0.3) is 11.5 Å². The number of alkyl halides is 5. The molecule has 6 aliphatic rings. The molecule has 4 aliphatic carbocycles. The number of likely N-dealkylation sites (N-methyl/N-ethyl adjacent to an activating group) is 1. The van der Waals surface area contributed by atoms with Gasteiger partial charge in [0.2, 0.25) is 11.8 Å². The summed E-state index contributed by atoms with van der Waals surface area (Å²) in [5, 5.41) is 6.82. The van der Waals surface area contributed by atoms with Crippen LogP contribution >= 0.6 is 23.4 Å². The van der Waals surface area contributed by atoms with Gasteiger partial charge in [-0.3, -0.25) is 14.2 Å². The van der Waals surface area contributed by atoms with Gasteiger partial charge in [0, 0.05) is 78.3 Å². The Morgan fingerprint density at radius 3 is 2.58 bits per heavy atom. The van der Waals surface area contributed by atoms with Crippen LogP contribution in [0.5, 0.6) is 0 Å². The van der Waals surface area contributed by atoms with Gasteiger partial charge in [-0.1, -0.05) is 0 Å². The number of hydrogen-bond acceptors (Lipinski definition) is 7. The zero-order valence-corrected chi connectivity index (χ0v) is 30.9. The fourth-order valence-corrected chi connectivity index (χ4v) is 12.1. The Labute approximate surface area is 301 Å². The third-order valence-electron chi connectivity index (χ3n) is 12.6. The summed E-state index contributed by atoms with van der Waals surface area (Å²) in [5.41, 5.74) is 1.56. The zero-order chi connectivity index (χ0) is 35.5. The standard InChI is InChI=1S/C36H52ClF4N5O3S/c1-19-10-26(32-31(42-19)28(18-50-32)33(47)44-23-15-36(40,41)16-23)25-11-22(37)4-7-30(25)49-9-8-46-20(2)43-29-6-5-24(12-27(29)34(46)48)45(3)17-21-13-35(38,39)14-21/h19,21-26,28,30-32,42H,4-18H2,1-3H3,(H,44,47). The molecule has 3 saturated carbocycles. The lowest BCUT2D eigenvalue weighted by molar-refractivity contribution is -0.133. The van der Waals surface area contributed by atoms with E-state index in [9.17, 15) is 27.2 Å². The molecule has 1 aromatic heterocycles. The fourth-order valence-electron chi connectivity index (χ4n) is 9.92. The van der Waals surface area contributed by atoms with Crippen LogP contribution in [-0.4, -0.2) is 99.1 Å². The molecule has 5 fully saturated rings. The second kappa shape index (κ2) is 14.4. The Balaban J connectivity index is 0.982. The van der Waals surface area contributed by atoms with Crippen molar-refractivity contribution in [2.75, 3.05) is 26.0 Å². The second-order valence-corrected chi connectivity index (χ2v) is 18.2. The summed E-state index contributed by atoms with van der Waals surface area (Å²) in [7, 11) is 1.98. The summed E-state index contributed by atoms with van der Waals surface area (Å²) in [6, 6.07) is -0.166. The van der Waals surface area contributed by atoms with Crippen LogP contribution in [0.15, 0.2) is 4.79 Å². The molecular weight excluding hydrogens is 694 g/mol. The molecule has 9 atom stereocenters. The number of rotatable bonds is 10. The third-order valence-corrected chi connectivity index (χ3v) is 14.5. The lowest BCUT2D eigenvalue weighted by Crippen LogP contribution is -2.60. The van der Waals surface area contributed by atoms with Gasteiger partial charge in [0.15, 0.2) is 0 Å². The number of carbonyl (C=O) groups excluding carboxylic acids is 1. The first-order valence-corrected chi connectivity index (χ1v) is 20.1. The molecular formula is C36H52ClF4N5O3S. The van der Waals surface area contributed by atoms with Crippen molar-refractivity contribution >= 4 is 29.3 Å². The Morgan fingerprint density at radius 1 is 1.12 bits per heavy atom. The van der Waals surface area contributed by atoms with Gasteiger partial charge in [0.1, 0.15) is 5.82 Å². The first-order valence-electron chi connectivity index (χ1n) is 18.6. The van der Waals surface area contributed by atoms with Crippen LogP contribution < -0.4 is 16.2 Å². The van der Waals surface area contributed by atoms with E-state index in [-0.39, 0.29) is 95.7 Å². The number of ether oxygens (including phenoxy) is 1. The van der Waals surface area contributed by atoms with Crippen LogP contribution in [-0.2, 0) is 28.9 Å². The smallest absolute Gasteiger partial charge is 0.257 e. The second-order valence-electron chi connectivity index (χ2n) is 16.4. The highest BCUT2D eigenvalue weighted by Crippen LogP contribution is 2.49. The number of nitrogens with zero attached hydrogens (tertiary/aromatic N) is 3. The van der Waals surface area contributed by atoms with Crippen LogP contribution in [0.25, 0.3) is 0 Å². The highest BCUT2D eigenvalue weighted by atomic mass is 35.5. The Kier molecular flexibility index (Phi) is 10.7. The predicted molar refractivity (Wildman–Crippen MR) is 186 cm³/mol. The maximum absolute atomic E-state index is 13.8. The lowest BCUT2D eigenvalue weighted by atomic mass is 9.69. The zero-order valence-electron chi connectivity index (χ0n) is 29.3. The number of fused-ring (bicyclic) bond motifs is 2. The molecule has 9 unspecified atom stereocenters. The van der Waals surface area contributed by atoms with Crippen LogP contribution in [0.2, 0.25) is 0 Å². The third kappa shape index (κ3) is 7.78. The molecule has 14 heteroatoms. The van der Waals surface area contributed by atoms with E-state index in [0.717, 1.165) is 43.4 Å². The van der Waals surface area contributed by atoms with Crippen molar-refractivity contribution < 1.29 is 27.1 Å². The number of thioether (sulfide) groups is 1. The molecule has 0 bridgehead atoms. The molecule has 0 radical (unpaired) electrons. The number of aryl methyl sites for hydroxylation is 2. The molecule has 3 heterocycles. The molecule has 1 amide bonds. The summed E-state index contributed by atoms with van der Waals surface area (Å²) in [6.45, 7) is 5.40. The molecule has 0 aromatic carbocycles. The maximum Gasteiger partial charge on any atom is 0.257 e. The SMILES string of the molecule is Cc1nc2c(c(=O)n1CCOC1CCC(Cl)CC1C1CC(C)NC3C(C(=O)NC4CC(F)(F)C4)CSC13)CC(N(C)CC1CC(F)(F)C1)CC2. The number of halogens is 5. The van der Waals surface area contributed by atoms with Gasteiger partial charge < -0.3 is 20.3 Å². The molecule has 2 saturated heterocycles. The lowest BCUT2D eigenvalue weighted by Gasteiger charge is -2.47. The van der Waals surface area contributed by atoms with Gasteiger partial charge >= 0.3 is 0 Å². The van der Waals surface area contributed by atoms with Crippen molar-refractivity contribution in [2.45, 2.75) is 144 Å². The van der Waals surface area contributed by atoms with Crippen molar-refractivity contribution in [1.82, 2.24) is 25.1 Å². The van der Waals surface area contributed by atoms with E-state index in [4.69, 9.17) is 21.3 Å². The topological polar surface area (TPSA) is 88.5 Å². The molecule has 2 N–H and O–H groups in total. The molecule has 280 valence electrons. The Bertz CT molecular complexity index is 1470. The van der Waals surface area contributed by atoms with Gasteiger partial charge in [-0.05, 0) is 83.6 Å². The first kappa shape index (κ1) is 36.9. The van der Waals surface area contributed by atoms with Crippen LogP contribution in [0.1, 0.15) is 81.8 Å². The van der Waals surface area contributed by atoms with Crippen molar-refractivity contribution in [3.63, 3.8) is 0 Å². The van der Waals surface area contributed by atoms with E-state index in [1.807, 2.05) is 25.7 Å². The molecule has 7 rings (SSSR count). The van der Waals surface area contributed by atoms with E-state index in [1.54, 1.807) is 4.57 Å². The van der Waals surface area contributed by atoms with E-state index < -0.39 is 17.9 Å². The first-order chi connectivity index (χ1) is 23.7. The van der Waals surface area contributed by atoms with E-state index >= 15 is 0 Å². The van der Waals surface area contributed by atoms with Gasteiger partial charge in [-0.2, -0.15) is 11.8 Å². The monoisotopic (exact) mass is 745 g/mol. The minimum atomic E-state index is -2.67. The summed E-state index contributed by atoms with van der Waals surface area (Å²) in [4.78, 5) is 34.1. The summed E-state index contributed by atoms with van der Waals surface area (Å²) >= 11 is 8.60. The number of carbonyl (C=O) groups is 1. The minimum Gasteiger partial charge on any atom is -0.376 e. The molecule has 0 spiro atoms. The molecule has 50 heavy (non-hydrogen) atoms. The average Bonchev–Trinajstić information content (AvgIpc) is 3.45. The largest absolute Gasteiger partial charge is 0.376 e. The highest BCUT2D eigenvalue weighted by molar-refractivity contribution is 8.00. The number of piperidine rings is 1. The molecule has 2 aliphatic heterocycles. The van der Waals surface area contributed by atoms with Gasteiger partial charge in [0.05, 0.1) is 30.9 Å². The maximum atomic E-state index is 13.8. The van der Waals surface area contributed by atoms with Crippen molar-refractivity contribution in [3.05, 3.63) is 27.4 Å². The summed E-state index contributed by atoms with van der Waals surface area (Å²) < 4.78 is 62.1. The Hall–Kier alpha value is -1.41. The normalized spacial score (nSPS) is 36.7. The van der Waals surface area contributed by atoms with E-state index in [0.29, 0.717) is 44.1 Å². The number of amides is 1. The van der Waals surface area contributed by atoms with E-state index in [2.05, 4.69) is 22.5 Å². The fraction of sp³-hybridized carbons (Fsp3) is 0.861. The minimum absolute atomic E-state index is 0.00138.